The van der Waals surface area contributed by atoms with Crippen LogP contribution in [0.3, 0.4) is 0 Å². The number of azide groups is 1. The van der Waals surface area contributed by atoms with Crippen molar-refractivity contribution in [2.75, 3.05) is 7.11 Å². The fourth-order valence-corrected chi connectivity index (χ4v) is 1.57. The van der Waals surface area contributed by atoms with Crippen molar-refractivity contribution in [1.82, 2.24) is 0 Å². The van der Waals surface area contributed by atoms with E-state index in [4.69, 9.17) is 5.53 Å². The van der Waals surface area contributed by atoms with Crippen LogP contribution in [0.2, 0.25) is 0 Å². The van der Waals surface area contributed by atoms with E-state index in [0.717, 1.165) is 5.56 Å². The molecule has 1 atom stereocenters. The van der Waals surface area contributed by atoms with Crippen molar-refractivity contribution >= 4 is 5.97 Å². The molecule has 0 aliphatic carbocycles. The van der Waals surface area contributed by atoms with Gasteiger partial charge in [-0.2, -0.15) is 0 Å². The predicted octanol–water partition coefficient (Wildman–Crippen LogP) is 3.38. The number of carbonyl (C=O) groups is 1. The molecule has 1 aromatic carbocycles. The predicted molar refractivity (Wildman–Crippen MR) is 64.2 cm³/mol. The van der Waals surface area contributed by atoms with Gasteiger partial charge in [-0.05, 0) is 23.9 Å². The minimum atomic E-state index is -0.238. The Labute approximate surface area is 100 Å². The zero-order chi connectivity index (χ0) is 12.5. The molecule has 0 saturated heterocycles. The Bertz CT molecular complexity index is 399. The summed E-state index contributed by atoms with van der Waals surface area (Å²) in [5, 5.41) is 3.75. The summed E-state index contributed by atoms with van der Waals surface area (Å²) in [6.45, 7) is 0. The highest BCUT2D eigenvalue weighted by molar-refractivity contribution is 5.68. The average Bonchev–Trinajstić information content (AvgIpc) is 2.38. The monoisotopic (exact) mass is 233 g/mol. The maximum absolute atomic E-state index is 11.0. The molecule has 0 spiro atoms. The van der Waals surface area contributed by atoms with E-state index in [-0.39, 0.29) is 12.0 Å². The second kappa shape index (κ2) is 7.30. The van der Waals surface area contributed by atoms with E-state index in [9.17, 15) is 4.79 Å². The van der Waals surface area contributed by atoms with Gasteiger partial charge in [-0.3, -0.25) is 4.79 Å². The Morgan fingerprint density at radius 1 is 1.47 bits per heavy atom. The molecule has 5 heteroatoms. The van der Waals surface area contributed by atoms with Crippen LogP contribution in [0.25, 0.3) is 10.4 Å². The van der Waals surface area contributed by atoms with Crippen molar-refractivity contribution in [3.8, 4) is 0 Å². The van der Waals surface area contributed by atoms with Crippen LogP contribution in [0, 0.1) is 0 Å². The van der Waals surface area contributed by atoms with Crippen molar-refractivity contribution < 1.29 is 9.53 Å². The zero-order valence-electron chi connectivity index (χ0n) is 9.74. The molecular formula is C12H15N3O2. The van der Waals surface area contributed by atoms with E-state index < -0.39 is 0 Å². The van der Waals surface area contributed by atoms with Crippen LogP contribution in [0.4, 0.5) is 0 Å². The van der Waals surface area contributed by atoms with Crippen molar-refractivity contribution in [2.24, 2.45) is 5.11 Å². The average molecular weight is 233 g/mol. The minimum Gasteiger partial charge on any atom is -0.469 e. The highest BCUT2D eigenvalue weighted by atomic mass is 16.5. The number of ether oxygens (including phenoxy) is 1. The van der Waals surface area contributed by atoms with Gasteiger partial charge in [-0.25, -0.2) is 0 Å². The Kier molecular flexibility index (Phi) is 5.61. The molecule has 1 unspecified atom stereocenters. The lowest BCUT2D eigenvalue weighted by atomic mass is 10.0. The summed E-state index contributed by atoms with van der Waals surface area (Å²) < 4.78 is 4.56. The molecule has 0 aliphatic rings. The van der Waals surface area contributed by atoms with Crippen LogP contribution in [0.5, 0.6) is 0 Å². The third-order valence-electron chi connectivity index (χ3n) is 2.46. The molecule has 0 aromatic heterocycles. The summed E-state index contributed by atoms with van der Waals surface area (Å²) in [5.74, 6) is -0.238. The fourth-order valence-electron chi connectivity index (χ4n) is 1.57. The first-order valence-electron chi connectivity index (χ1n) is 5.44. The van der Waals surface area contributed by atoms with E-state index in [2.05, 4.69) is 14.8 Å². The summed E-state index contributed by atoms with van der Waals surface area (Å²) in [6, 6.07) is 9.32. The normalized spacial score (nSPS) is 11.4. The van der Waals surface area contributed by atoms with Crippen molar-refractivity contribution in [3.05, 3.63) is 46.3 Å². The van der Waals surface area contributed by atoms with E-state index in [1.165, 1.54) is 7.11 Å². The van der Waals surface area contributed by atoms with Gasteiger partial charge in [0.25, 0.3) is 0 Å². The van der Waals surface area contributed by atoms with Gasteiger partial charge in [0.1, 0.15) is 0 Å². The van der Waals surface area contributed by atoms with Crippen molar-refractivity contribution in [3.63, 3.8) is 0 Å². The molecule has 90 valence electrons. The SMILES string of the molecule is COC(=O)CCCC(N=[N+]=[N-])c1ccccc1. The number of hydrogen-bond acceptors (Lipinski definition) is 3. The summed E-state index contributed by atoms with van der Waals surface area (Å²) in [5.41, 5.74) is 9.49. The molecule has 5 nitrogen and oxygen atoms in total. The number of methoxy groups -OCH3 is 1. The molecule has 17 heavy (non-hydrogen) atoms. The van der Waals surface area contributed by atoms with Gasteiger partial charge in [0.2, 0.25) is 0 Å². The molecule has 0 aliphatic heterocycles. The molecule has 0 fully saturated rings. The van der Waals surface area contributed by atoms with E-state index >= 15 is 0 Å². The van der Waals surface area contributed by atoms with Crippen LogP contribution in [0.1, 0.15) is 30.9 Å². The third-order valence-corrected chi connectivity index (χ3v) is 2.46. The molecule has 0 heterocycles. The zero-order valence-corrected chi connectivity index (χ0v) is 9.74. The standard InChI is InChI=1S/C12H15N3O2/c1-17-12(16)9-5-8-11(14-15-13)10-6-3-2-4-7-10/h2-4,6-7,11H,5,8-9H2,1H3. The van der Waals surface area contributed by atoms with Crippen molar-refractivity contribution in [2.45, 2.75) is 25.3 Å². The Balaban J connectivity index is 2.56. The summed E-state index contributed by atoms with van der Waals surface area (Å²) in [7, 11) is 1.37. The van der Waals surface area contributed by atoms with E-state index in [0.29, 0.717) is 19.3 Å². The molecule has 0 bridgehead atoms. The smallest absolute Gasteiger partial charge is 0.305 e. The van der Waals surface area contributed by atoms with Gasteiger partial charge in [0.05, 0.1) is 13.2 Å². The van der Waals surface area contributed by atoms with Crippen LogP contribution in [-0.4, -0.2) is 13.1 Å². The van der Waals surface area contributed by atoms with E-state index in [1.807, 2.05) is 30.3 Å². The lowest BCUT2D eigenvalue weighted by Gasteiger charge is -2.10. The maximum atomic E-state index is 11.0. The first-order valence-corrected chi connectivity index (χ1v) is 5.44. The number of benzene rings is 1. The van der Waals surface area contributed by atoms with Gasteiger partial charge < -0.3 is 4.74 Å². The first kappa shape index (κ1) is 13.1. The second-order valence-electron chi connectivity index (χ2n) is 3.60. The largest absolute Gasteiger partial charge is 0.469 e. The highest BCUT2D eigenvalue weighted by Gasteiger charge is 2.10. The molecular weight excluding hydrogens is 218 g/mol. The molecule has 1 aromatic rings. The molecule has 0 radical (unpaired) electrons. The Hall–Kier alpha value is -2.00. The maximum Gasteiger partial charge on any atom is 0.305 e. The Morgan fingerprint density at radius 3 is 2.76 bits per heavy atom. The molecule has 1 rings (SSSR count). The number of esters is 1. The number of carbonyl (C=O) groups excluding carboxylic acids is 1. The van der Waals surface area contributed by atoms with Crippen LogP contribution >= 0.6 is 0 Å². The van der Waals surface area contributed by atoms with Crippen LogP contribution < -0.4 is 0 Å². The molecule has 0 amide bonds. The highest BCUT2D eigenvalue weighted by Crippen LogP contribution is 2.23. The lowest BCUT2D eigenvalue weighted by Crippen LogP contribution is -2.01. The van der Waals surface area contributed by atoms with Gasteiger partial charge in [-0.15, -0.1) is 0 Å². The number of hydrogen-bond donors (Lipinski definition) is 0. The topological polar surface area (TPSA) is 75.1 Å². The van der Waals surface area contributed by atoms with Gasteiger partial charge in [0, 0.05) is 11.3 Å². The Morgan fingerprint density at radius 2 is 2.18 bits per heavy atom. The first-order chi connectivity index (χ1) is 8.27. The van der Waals surface area contributed by atoms with Gasteiger partial charge in [0.15, 0.2) is 0 Å². The number of rotatable bonds is 6. The third kappa shape index (κ3) is 4.57. The van der Waals surface area contributed by atoms with Gasteiger partial charge >= 0.3 is 5.97 Å². The lowest BCUT2D eigenvalue weighted by molar-refractivity contribution is -0.140. The fraction of sp³-hybridized carbons (Fsp3) is 0.417. The van der Waals surface area contributed by atoms with Crippen molar-refractivity contribution in [1.29, 1.82) is 0 Å². The number of nitrogens with zero attached hydrogens (tertiary/aromatic N) is 3. The van der Waals surface area contributed by atoms with Crippen LogP contribution in [-0.2, 0) is 9.53 Å². The second-order valence-corrected chi connectivity index (χ2v) is 3.60. The molecule has 0 saturated carbocycles. The summed E-state index contributed by atoms with van der Waals surface area (Å²) in [6.07, 6.45) is 1.63. The summed E-state index contributed by atoms with van der Waals surface area (Å²) >= 11 is 0. The van der Waals surface area contributed by atoms with E-state index in [1.54, 1.807) is 0 Å². The molecule has 0 N–H and O–H groups in total. The van der Waals surface area contributed by atoms with Gasteiger partial charge in [-0.1, -0.05) is 35.4 Å². The minimum absolute atomic E-state index is 0.217. The summed E-state index contributed by atoms with van der Waals surface area (Å²) in [4.78, 5) is 13.8. The van der Waals surface area contributed by atoms with Crippen LogP contribution in [0.15, 0.2) is 35.4 Å². The quantitative estimate of drug-likeness (QED) is 0.327.